The van der Waals surface area contributed by atoms with E-state index in [0.29, 0.717) is 5.41 Å². The summed E-state index contributed by atoms with van der Waals surface area (Å²) in [6.45, 7) is 8.55. The largest absolute Gasteiger partial charge is 0.384 e. The zero-order valence-corrected chi connectivity index (χ0v) is 10.3. The molecule has 2 nitrogen and oxygen atoms in total. The number of ether oxygens (including phenoxy) is 1. The summed E-state index contributed by atoms with van der Waals surface area (Å²) in [6.07, 6.45) is 7.81. The normalized spacial score (nSPS) is 20.1. The average Bonchev–Trinajstić information content (AvgIpc) is 2.19. The van der Waals surface area contributed by atoms with Crippen molar-refractivity contribution in [3.05, 3.63) is 0 Å². The Morgan fingerprint density at radius 3 is 2.47 bits per heavy atom. The molecule has 0 atom stereocenters. The van der Waals surface area contributed by atoms with Crippen LogP contribution in [0.4, 0.5) is 0 Å². The van der Waals surface area contributed by atoms with Gasteiger partial charge in [-0.3, -0.25) is 4.90 Å². The van der Waals surface area contributed by atoms with Crippen molar-refractivity contribution in [1.82, 2.24) is 4.90 Å². The van der Waals surface area contributed by atoms with Crippen molar-refractivity contribution < 1.29 is 4.74 Å². The lowest BCUT2D eigenvalue weighted by Crippen LogP contribution is -2.40. The van der Waals surface area contributed by atoms with Gasteiger partial charge in [-0.25, -0.2) is 0 Å². The summed E-state index contributed by atoms with van der Waals surface area (Å²) in [5.74, 6) is 3.49. The number of rotatable bonds is 4. The highest BCUT2D eigenvalue weighted by Crippen LogP contribution is 2.34. The summed E-state index contributed by atoms with van der Waals surface area (Å²) in [4.78, 5) is 2.36. The fraction of sp³-hybridized carbons (Fsp3) is 0.846. The summed E-state index contributed by atoms with van der Waals surface area (Å²) < 4.78 is 5.29. The average molecular weight is 209 g/mol. The Labute approximate surface area is 94.0 Å². The highest BCUT2D eigenvalue weighted by atomic mass is 16.5. The van der Waals surface area contributed by atoms with Gasteiger partial charge in [0.25, 0.3) is 0 Å². The van der Waals surface area contributed by atoms with Crippen molar-refractivity contribution in [2.45, 2.75) is 26.7 Å². The van der Waals surface area contributed by atoms with Crippen LogP contribution in [0, 0.1) is 23.7 Å². The first kappa shape index (κ1) is 12.5. The molecule has 0 spiro atoms. The zero-order valence-electron chi connectivity index (χ0n) is 10.3. The van der Waals surface area contributed by atoms with Crippen LogP contribution in [-0.2, 0) is 4.74 Å². The molecular weight excluding hydrogens is 186 g/mol. The quantitative estimate of drug-likeness (QED) is 0.657. The third-order valence-corrected chi connectivity index (χ3v) is 3.52. The van der Waals surface area contributed by atoms with Crippen LogP contribution in [-0.4, -0.2) is 38.3 Å². The molecule has 1 aliphatic rings. The van der Waals surface area contributed by atoms with Crippen molar-refractivity contribution in [2.75, 3.05) is 33.4 Å². The molecule has 0 aromatic carbocycles. The van der Waals surface area contributed by atoms with Gasteiger partial charge in [-0.2, -0.15) is 0 Å². The van der Waals surface area contributed by atoms with Crippen molar-refractivity contribution in [3.8, 4) is 12.3 Å². The molecule has 0 aromatic rings. The SMILES string of the molecule is C#CCN1CCC(C(C)(C)COC)CC1. The molecule has 2 heteroatoms. The van der Waals surface area contributed by atoms with Crippen LogP contribution in [0.2, 0.25) is 0 Å². The van der Waals surface area contributed by atoms with E-state index >= 15 is 0 Å². The van der Waals surface area contributed by atoms with E-state index in [2.05, 4.69) is 24.7 Å². The molecule has 86 valence electrons. The van der Waals surface area contributed by atoms with Crippen LogP contribution < -0.4 is 0 Å². The van der Waals surface area contributed by atoms with Crippen molar-refractivity contribution in [2.24, 2.45) is 11.3 Å². The first-order valence-electron chi connectivity index (χ1n) is 5.75. The monoisotopic (exact) mass is 209 g/mol. The molecule has 0 unspecified atom stereocenters. The first-order valence-corrected chi connectivity index (χ1v) is 5.75. The van der Waals surface area contributed by atoms with Crippen LogP contribution in [0.3, 0.4) is 0 Å². The summed E-state index contributed by atoms with van der Waals surface area (Å²) in [5.41, 5.74) is 0.303. The van der Waals surface area contributed by atoms with E-state index in [1.165, 1.54) is 12.8 Å². The summed E-state index contributed by atoms with van der Waals surface area (Å²) in [6, 6.07) is 0. The van der Waals surface area contributed by atoms with Gasteiger partial charge < -0.3 is 4.74 Å². The lowest BCUT2D eigenvalue weighted by atomic mass is 9.74. The second kappa shape index (κ2) is 5.53. The molecule has 1 aliphatic heterocycles. The van der Waals surface area contributed by atoms with E-state index in [1.54, 1.807) is 7.11 Å². The number of likely N-dealkylation sites (tertiary alicyclic amines) is 1. The third kappa shape index (κ3) is 3.52. The highest BCUT2D eigenvalue weighted by molar-refractivity contribution is 4.91. The lowest BCUT2D eigenvalue weighted by molar-refractivity contribution is 0.0295. The molecule has 1 saturated heterocycles. The Morgan fingerprint density at radius 1 is 1.40 bits per heavy atom. The van der Waals surface area contributed by atoms with Gasteiger partial charge >= 0.3 is 0 Å². The maximum atomic E-state index is 5.32. The van der Waals surface area contributed by atoms with Gasteiger partial charge in [-0.05, 0) is 37.3 Å². The first-order chi connectivity index (χ1) is 7.10. The van der Waals surface area contributed by atoms with Crippen molar-refractivity contribution >= 4 is 0 Å². The molecule has 1 rings (SSSR count). The Kier molecular flexibility index (Phi) is 4.63. The smallest absolute Gasteiger partial charge is 0.0598 e. The lowest BCUT2D eigenvalue weighted by Gasteiger charge is -2.39. The van der Waals surface area contributed by atoms with E-state index in [4.69, 9.17) is 11.2 Å². The van der Waals surface area contributed by atoms with Gasteiger partial charge in [0.2, 0.25) is 0 Å². The number of hydrogen-bond acceptors (Lipinski definition) is 2. The molecule has 0 N–H and O–H groups in total. The molecule has 0 amide bonds. The second-order valence-corrected chi connectivity index (χ2v) is 5.18. The van der Waals surface area contributed by atoms with Gasteiger partial charge in [-0.15, -0.1) is 6.42 Å². The predicted molar refractivity (Wildman–Crippen MR) is 63.7 cm³/mol. The third-order valence-electron chi connectivity index (χ3n) is 3.52. The van der Waals surface area contributed by atoms with Crippen LogP contribution >= 0.6 is 0 Å². The van der Waals surface area contributed by atoms with Crippen LogP contribution in [0.1, 0.15) is 26.7 Å². The molecule has 15 heavy (non-hydrogen) atoms. The molecule has 0 aromatic heterocycles. The van der Waals surface area contributed by atoms with Gasteiger partial charge in [0.15, 0.2) is 0 Å². The van der Waals surface area contributed by atoms with E-state index in [1.807, 2.05) is 0 Å². The Balaban J connectivity index is 2.40. The van der Waals surface area contributed by atoms with Crippen LogP contribution in [0.5, 0.6) is 0 Å². The fourth-order valence-electron chi connectivity index (χ4n) is 2.49. The molecular formula is C13H23NO. The topological polar surface area (TPSA) is 12.5 Å². The molecule has 1 fully saturated rings. The number of piperidine rings is 1. The van der Waals surface area contributed by atoms with Crippen LogP contribution in [0.15, 0.2) is 0 Å². The summed E-state index contributed by atoms with van der Waals surface area (Å²) in [5, 5.41) is 0. The molecule has 1 heterocycles. The molecule has 0 radical (unpaired) electrons. The van der Waals surface area contributed by atoms with Crippen molar-refractivity contribution in [3.63, 3.8) is 0 Å². The minimum atomic E-state index is 0.303. The van der Waals surface area contributed by atoms with Gasteiger partial charge in [0.1, 0.15) is 0 Å². The Morgan fingerprint density at radius 2 is 2.00 bits per heavy atom. The van der Waals surface area contributed by atoms with Crippen molar-refractivity contribution in [1.29, 1.82) is 0 Å². The second-order valence-electron chi connectivity index (χ2n) is 5.18. The van der Waals surface area contributed by atoms with E-state index < -0.39 is 0 Å². The maximum Gasteiger partial charge on any atom is 0.0598 e. The number of nitrogens with zero attached hydrogens (tertiary/aromatic N) is 1. The molecule has 0 saturated carbocycles. The van der Waals surface area contributed by atoms with Gasteiger partial charge in [0.05, 0.1) is 13.2 Å². The van der Waals surface area contributed by atoms with E-state index in [0.717, 1.165) is 32.2 Å². The van der Waals surface area contributed by atoms with Crippen LogP contribution in [0.25, 0.3) is 0 Å². The summed E-state index contributed by atoms with van der Waals surface area (Å²) in [7, 11) is 1.79. The fourth-order valence-corrected chi connectivity index (χ4v) is 2.49. The minimum absolute atomic E-state index is 0.303. The molecule has 0 bridgehead atoms. The number of methoxy groups -OCH3 is 1. The standard InChI is InChI=1S/C13H23NO/c1-5-8-14-9-6-12(7-10-14)13(2,3)11-15-4/h1,12H,6-11H2,2-4H3. The predicted octanol–water partition coefficient (Wildman–Crippen LogP) is 2.00. The highest BCUT2D eigenvalue weighted by Gasteiger charge is 2.32. The minimum Gasteiger partial charge on any atom is -0.384 e. The van der Waals surface area contributed by atoms with Gasteiger partial charge in [-0.1, -0.05) is 19.8 Å². The number of hydrogen-bond donors (Lipinski definition) is 0. The maximum absolute atomic E-state index is 5.32. The molecule has 0 aliphatic carbocycles. The zero-order chi connectivity index (χ0) is 11.3. The number of terminal acetylenes is 1. The van der Waals surface area contributed by atoms with E-state index in [9.17, 15) is 0 Å². The van der Waals surface area contributed by atoms with E-state index in [-0.39, 0.29) is 0 Å². The summed E-state index contributed by atoms with van der Waals surface area (Å²) >= 11 is 0. The van der Waals surface area contributed by atoms with Gasteiger partial charge in [0, 0.05) is 7.11 Å². The Hall–Kier alpha value is -0.520. The Bertz CT molecular complexity index is 221.